The molecule has 3 N–H and O–H groups in total. The van der Waals surface area contributed by atoms with E-state index in [9.17, 15) is 12.8 Å². The van der Waals surface area contributed by atoms with Gasteiger partial charge in [0.2, 0.25) is 0 Å². The average molecular weight is 518 g/mol. The Morgan fingerprint density at radius 2 is 1.83 bits per heavy atom. The fourth-order valence-electron chi connectivity index (χ4n) is 3.78. The number of rotatable bonds is 5. The molecule has 7 nitrogen and oxygen atoms in total. The van der Waals surface area contributed by atoms with E-state index in [1.54, 1.807) is 6.20 Å². The van der Waals surface area contributed by atoms with Crippen molar-refractivity contribution in [3.63, 3.8) is 0 Å². The van der Waals surface area contributed by atoms with Crippen LogP contribution in [0, 0.1) is 24.4 Å². The first-order valence-electron chi connectivity index (χ1n) is 10.1. The molecule has 0 aliphatic rings. The van der Waals surface area contributed by atoms with E-state index in [2.05, 4.69) is 24.9 Å². The lowest BCUT2D eigenvalue weighted by molar-refractivity contribution is 0.583. The number of hydrogen-bond donors (Lipinski definition) is 3. The molecular formula is C23H15ClF3N5O2S. The summed E-state index contributed by atoms with van der Waals surface area (Å²) in [5.74, 6) is -2.94. The Kier molecular flexibility index (Phi) is 5.53. The number of nitrogens with zero attached hydrogens (tertiary/aromatic N) is 2. The van der Waals surface area contributed by atoms with E-state index in [1.165, 1.54) is 43.5 Å². The molecule has 2 heterocycles. The monoisotopic (exact) mass is 517 g/mol. The van der Waals surface area contributed by atoms with Gasteiger partial charge >= 0.3 is 0 Å². The molecule has 35 heavy (non-hydrogen) atoms. The second-order valence-electron chi connectivity index (χ2n) is 7.61. The zero-order valence-electron chi connectivity index (χ0n) is 17.8. The fourth-order valence-corrected chi connectivity index (χ4v) is 5.34. The Morgan fingerprint density at radius 1 is 1.03 bits per heavy atom. The summed E-state index contributed by atoms with van der Waals surface area (Å²) in [6.07, 6.45) is 3.09. The maximum absolute atomic E-state index is 15.5. The quantitative estimate of drug-likeness (QED) is 0.274. The highest BCUT2D eigenvalue weighted by Gasteiger charge is 2.25. The normalized spacial score (nSPS) is 11.8. The number of anilines is 1. The largest absolute Gasteiger partial charge is 0.343 e. The summed E-state index contributed by atoms with van der Waals surface area (Å²) in [4.78, 5) is 6.78. The summed E-state index contributed by atoms with van der Waals surface area (Å²) in [7, 11) is -4.29. The first kappa shape index (κ1) is 22.9. The maximum atomic E-state index is 15.5. The van der Waals surface area contributed by atoms with E-state index < -0.39 is 44.3 Å². The Hall–Kier alpha value is -3.83. The number of benzene rings is 3. The topological polar surface area (TPSA) is 104 Å². The van der Waals surface area contributed by atoms with Gasteiger partial charge in [0.15, 0.2) is 17.5 Å². The molecule has 5 aromatic rings. The Bertz CT molecular complexity index is 1700. The van der Waals surface area contributed by atoms with Gasteiger partial charge in [-0.2, -0.15) is 5.10 Å². The summed E-state index contributed by atoms with van der Waals surface area (Å²) in [5, 5.41) is 7.14. The van der Waals surface area contributed by atoms with Gasteiger partial charge in [-0.25, -0.2) is 26.6 Å². The zero-order chi connectivity index (χ0) is 24.9. The molecule has 0 atom stereocenters. The highest BCUT2D eigenvalue weighted by atomic mass is 35.5. The van der Waals surface area contributed by atoms with Crippen LogP contribution in [0.5, 0.6) is 0 Å². The van der Waals surface area contributed by atoms with Gasteiger partial charge in [-0.1, -0.05) is 23.7 Å². The van der Waals surface area contributed by atoms with Gasteiger partial charge in [0, 0.05) is 28.4 Å². The van der Waals surface area contributed by atoms with E-state index in [0.717, 1.165) is 12.1 Å². The van der Waals surface area contributed by atoms with E-state index in [4.69, 9.17) is 11.6 Å². The molecule has 178 valence electrons. The molecule has 0 amide bonds. The molecule has 0 saturated carbocycles. The molecule has 3 aromatic carbocycles. The molecule has 2 aromatic heterocycles. The zero-order valence-corrected chi connectivity index (χ0v) is 19.4. The number of fused-ring (bicyclic) bond motifs is 1. The number of nitrogens with one attached hydrogen (secondary N) is 3. The van der Waals surface area contributed by atoms with E-state index in [0.29, 0.717) is 16.9 Å². The van der Waals surface area contributed by atoms with Crippen LogP contribution in [0.2, 0.25) is 5.02 Å². The molecule has 5 rings (SSSR count). The summed E-state index contributed by atoms with van der Waals surface area (Å²) < 4.78 is 73.5. The predicted octanol–water partition coefficient (Wildman–Crippen LogP) is 5.80. The smallest absolute Gasteiger partial charge is 0.262 e. The lowest BCUT2D eigenvalue weighted by atomic mass is 10.0. The summed E-state index contributed by atoms with van der Waals surface area (Å²) in [6, 6.07) is 8.66. The van der Waals surface area contributed by atoms with Crippen LogP contribution in [0.4, 0.5) is 18.9 Å². The SMILES string of the molecule is Cc1c(Cl)cccc1S(=O)(=O)Nc1ccc(F)c(-c2ccc3c(-c4ncc[nH]4)[nH]nc3c2F)c1F. The number of H-pyrrole nitrogens is 2. The van der Waals surface area contributed by atoms with Gasteiger partial charge in [-0.05, 0) is 42.8 Å². The number of aromatic nitrogens is 4. The number of sulfonamides is 1. The van der Waals surface area contributed by atoms with E-state index in [1.807, 2.05) is 0 Å². The number of imidazole rings is 1. The first-order chi connectivity index (χ1) is 16.7. The van der Waals surface area contributed by atoms with Gasteiger partial charge in [0.05, 0.1) is 16.1 Å². The highest BCUT2D eigenvalue weighted by molar-refractivity contribution is 7.92. The predicted molar refractivity (Wildman–Crippen MR) is 126 cm³/mol. The van der Waals surface area contributed by atoms with Crippen LogP contribution in [0.25, 0.3) is 33.5 Å². The fraction of sp³-hybridized carbons (Fsp3) is 0.0435. The standard InChI is InChI=1S/C23H15ClF3N5O2S/c1-11-14(24)3-2-4-17(11)35(33,34)32-16-8-7-15(25)18(20(16)27)12-5-6-13-21(19(12)26)30-31-22(13)23-28-9-10-29-23/h2-10,32H,1H3,(H,28,29)(H,30,31). The van der Waals surface area contributed by atoms with E-state index >= 15 is 8.78 Å². The van der Waals surface area contributed by atoms with Crippen LogP contribution >= 0.6 is 11.6 Å². The van der Waals surface area contributed by atoms with Crippen molar-refractivity contribution >= 4 is 38.2 Å². The van der Waals surface area contributed by atoms with Crippen molar-refractivity contribution in [3.05, 3.63) is 82.9 Å². The molecule has 0 bridgehead atoms. The van der Waals surface area contributed by atoms with Crippen LogP contribution < -0.4 is 4.72 Å². The molecule has 0 fully saturated rings. The van der Waals surface area contributed by atoms with Crippen molar-refractivity contribution in [3.8, 4) is 22.6 Å². The van der Waals surface area contributed by atoms with Crippen LogP contribution in [-0.4, -0.2) is 28.6 Å². The minimum absolute atomic E-state index is 0.159. The third-order valence-electron chi connectivity index (χ3n) is 5.51. The van der Waals surface area contributed by atoms with Crippen molar-refractivity contribution in [1.29, 1.82) is 0 Å². The molecule has 0 spiro atoms. The Labute approximate surface area is 202 Å². The number of aromatic amines is 2. The average Bonchev–Trinajstić information content (AvgIpc) is 3.49. The molecule has 0 radical (unpaired) electrons. The third kappa shape index (κ3) is 3.82. The summed E-state index contributed by atoms with van der Waals surface area (Å²) in [5.41, 5.74) is -1.23. The molecule has 12 heteroatoms. The van der Waals surface area contributed by atoms with Gasteiger partial charge in [0.25, 0.3) is 10.0 Å². The number of halogens is 4. The molecule has 0 aliphatic heterocycles. The van der Waals surface area contributed by atoms with Crippen molar-refractivity contribution in [2.45, 2.75) is 11.8 Å². The van der Waals surface area contributed by atoms with Crippen molar-refractivity contribution < 1.29 is 21.6 Å². The highest BCUT2D eigenvalue weighted by Crippen LogP contribution is 2.37. The van der Waals surface area contributed by atoms with Gasteiger partial charge in [-0.3, -0.25) is 9.82 Å². The van der Waals surface area contributed by atoms with Crippen molar-refractivity contribution in [2.75, 3.05) is 4.72 Å². The Balaban J connectivity index is 1.60. The van der Waals surface area contributed by atoms with Crippen LogP contribution in [-0.2, 0) is 10.0 Å². The second kappa shape index (κ2) is 8.43. The first-order valence-corrected chi connectivity index (χ1v) is 12.0. The van der Waals surface area contributed by atoms with Crippen LogP contribution in [0.3, 0.4) is 0 Å². The molecule has 0 aliphatic carbocycles. The van der Waals surface area contributed by atoms with Gasteiger partial charge in [0.1, 0.15) is 17.0 Å². The minimum atomic E-state index is -4.29. The number of hydrogen-bond acceptors (Lipinski definition) is 4. The third-order valence-corrected chi connectivity index (χ3v) is 7.43. The van der Waals surface area contributed by atoms with E-state index in [-0.39, 0.29) is 21.0 Å². The maximum Gasteiger partial charge on any atom is 0.262 e. The van der Waals surface area contributed by atoms with Gasteiger partial charge in [-0.15, -0.1) is 0 Å². The molecular weight excluding hydrogens is 503 g/mol. The molecule has 0 saturated heterocycles. The van der Waals surface area contributed by atoms with Crippen LogP contribution in [0.15, 0.2) is 59.8 Å². The molecule has 0 unspecified atom stereocenters. The Morgan fingerprint density at radius 3 is 2.57 bits per heavy atom. The van der Waals surface area contributed by atoms with Crippen molar-refractivity contribution in [2.24, 2.45) is 0 Å². The summed E-state index contributed by atoms with van der Waals surface area (Å²) in [6.45, 7) is 1.49. The summed E-state index contributed by atoms with van der Waals surface area (Å²) >= 11 is 6.01. The van der Waals surface area contributed by atoms with Crippen molar-refractivity contribution in [1.82, 2.24) is 20.2 Å². The minimum Gasteiger partial charge on any atom is -0.343 e. The second-order valence-corrected chi connectivity index (χ2v) is 9.67. The lowest BCUT2D eigenvalue weighted by Crippen LogP contribution is -2.16. The van der Waals surface area contributed by atoms with Crippen LogP contribution in [0.1, 0.15) is 5.56 Å². The lowest BCUT2D eigenvalue weighted by Gasteiger charge is -2.14. The van der Waals surface area contributed by atoms with Gasteiger partial charge < -0.3 is 4.98 Å².